The van der Waals surface area contributed by atoms with Crippen molar-refractivity contribution < 1.29 is 9.94 Å². The maximum atomic E-state index is 8.51. The van der Waals surface area contributed by atoms with Crippen molar-refractivity contribution in [3.05, 3.63) is 29.8 Å². The van der Waals surface area contributed by atoms with Gasteiger partial charge in [-0.25, -0.2) is 0 Å². The molecule has 0 atom stereocenters. The van der Waals surface area contributed by atoms with Crippen LogP contribution in [0.3, 0.4) is 0 Å². The highest BCUT2D eigenvalue weighted by molar-refractivity contribution is 5.82. The third-order valence-electron chi connectivity index (χ3n) is 3.29. The van der Waals surface area contributed by atoms with Crippen LogP contribution in [0.5, 0.6) is 5.75 Å². The van der Waals surface area contributed by atoms with E-state index in [1.165, 1.54) is 19.3 Å². The van der Waals surface area contributed by atoms with Gasteiger partial charge in [0.05, 0.1) is 6.10 Å². The fraction of sp³-hybridized carbons (Fsp3) is 0.500. The lowest BCUT2D eigenvalue weighted by Crippen LogP contribution is -2.19. The van der Waals surface area contributed by atoms with Crippen molar-refractivity contribution in [2.24, 2.45) is 10.9 Å². The first-order valence-electron chi connectivity index (χ1n) is 6.50. The molecule has 18 heavy (non-hydrogen) atoms. The molecule has 1 fully saturated rings. The summed E-state index contributed by atoms with van der Waals surface area (Å²) in [5.74, 6) is 1.13. The van der Waals surface area contributed by atoms with Crippen LogP contribution < -0.4 is 10.5 Å². The lowest BCUT2D eigenvalue weighted by molar-refractivity contribution is 0.155. The lowest BCUT2D eigenvalue weighted by Gasteiger charge is -2.23. The van der Waals surface area contributed by atoms with E-state index in [0.29, 0.717) is 12.5 Å². The van der Waals surface area contributed by atoms with Crippen LogP contribution in [0, 0.1) is 0 Å². The molecule has 1 aromatic rings. The minimum Gasteiger partial charge on any atom is -0.490 e. The van der Waals surface area contributed by atoms with Gasteiger partial charge in [-0.05, 0) is 43.4 Å². The van der Waals surface area contributed by atoms with Crippen LogP contribution in [0.25, 0.3) is 0 Å². The molecule has 1 saturated carbocycles. The molecule has 1 aromatic carbocycles. The number of amidine groups is 1. The maximum Gasteiger partial charge on any atom is 0.143 e. The van der Waals surface area contributed by atoms with E-state index in [-0.39, 0.29) is 5.84 Å². The molecular formula is C14H20N2O2. The van der Waals surface area contributed by atoms with Gasteiger partial charge in [0, 0.05) is 6.42 Å². The summed E-state index contributed by atoms with van der Waals surface area (Å²) in [6.45, 7) is 0. The Morgan fingerprint density at radius 1 is 1.22 bits per heavy atom. The minimum absolute atomic E-state index is 0.218. The SMILES string of the molecule is N/C(Cc1ccc(OC2CCCCC2)cc1)=N\O. The molecule has 0 radical (unpaired) electrons. The van der Waals surface area contributed by atoms with Crippen LogP contribution >= 0.6 is 0 Å². The summed E-state index contributed by atoms with van der Waals surface area (Å²) in [5.41, 5.74) is 6.48. The summed E-state index contributed by atoms with van der Waals surface area (Å²) in [6.07, 6.45) is 7.02. The number of ether oxygens (including phenoxy) is 1. The Labute approximate surface area is 107 Å². The first-order chi connectivity index (χ1) is 8.78. The fourth-order valence-corrected chi connectivity index (χ4v) is 2.31. The molecule has 0 amide bonds. The van der Waals surface area contributed by atoms with E-state index in [4.69, 9.17) is 15.7 Å². The van der Waals surface area contributed by atoms with Gasteiger partial charge in [0.15, 0.2) is 0 Å². The van der Waals surface area contributed by atoms with Gasteiger partial charge in [-0.2, -0.15) is 0 Å². The zero-order chi connectivity index (χ0) is 12.8. The number of hydrogen-bond donors (Lipinski definition) is 2. The van der Waals surface area contributed by atoms with Gasteiger partial charge in [-0.1, -0.05) is 23.7 Å². The molecule has 1 aliphatic carbocycles. The maximum absolute atomic E-state index is 8.51. The van der Waals surface area contributed by atoms with Crippen LogP contribution in [0.4, 0.5) is 0 Å². The molecule has 0 aromatic heterocycles. The number of rotatable bonds is 4. The summed E-state index contributed by atoms with van der Waals surface area (Å²) in [5, 5.41) is 11.5. The molecule has 0 spiro atoms. The van der Waals surface area contributed by atoms with Crippen LogP contribution in [-0.2, 0) is 6.42 Å². The number of nitrogens with two attached hydrogens (primary N) is 1. The predicted molar refractivity (Wildman–Crippen MR) is 71.1 cm³/mol. The summed E-state index contributed by atoms with van der Waals surface area (Å²) in [7, 11) is 0. The van der Waals surface area contributed by atoms with Crippen molar-refractivity contribution in [1.82, 2.24) is 0 Å². The Morgan fingerprint density at radius 2 is 1.89 bits per heavy atom. The summed E-state index contributed by atoms with van der Waals surface area (Å²) < 4.78 is 5.93. The van der Waals surface area contributed by atoms with E-state index >= 15 is 0 Å². The van der Waals surface area contributed by atoms with Gasteiger partial charge in [0.25, 0.3) is 0 Å². The molecule has 4 heteroatoms. The predicted octanol–water partition coefficient (Wildman–Crippen LogP) is 2.69. The standard InChI is InChI=1S/C14H20N2O2/c15-14(16-17)10-11-6-8-13(9-7-11)18-12-4-2-1-3-5-12/h6-9,12,17H,1-5,10H2,(H2,15,16). The molecule has 0 aliphatic heterocycles. The van der Waals surface area contributed by atoms with Crippen molar-refractivity contribution >= 4 is 5.84 Å². The van der Waals surface area contributed by atoms with E-state index in [2.05, 4.69) is 5.16 Å². The highest BCUT2D eigenvalue weighted by atomic mass is 16.5. The van der Waals surface area contributed by atoms with E-state index in [9.17, 15) is 0 Å². The van der Waals surface area contributed by atoms with Crippen LogP contribution in [0.1, 0.15) is 37.7 Å². The largest absolute Gasteiger partial charge is 0.490 e. The molecule has 3 N–H and O–H groups in total. The topological polar surface area (TPSA) is 67.8 Å². The van der Waals surface area contributed by atoms with Gasteiger partial charge >= 0.3 is 0 Å². The molecule has 2 rings (SSSR count). The van der Waals surface area contributed by atoms with E-state index in [0.717, 1.165) is 24.2 Å². The second-order valence-corrected chi connectivity index (χ2v) is 4.79. The molecule has 0 saturated heterocycles. The van der Waals surface area contributed by atoms with Crippen molar-refractivity contribution in [3.8, 4) is 5.75 Å². The van der Waals surface area contributed by atoms with Crippen molar-refractivity contribution in [2.45, 2.75) is 44.6 Å². The second kappa shape index (κ2) is 6.28. The Hall–Kier alpha value is -1.71. The second-order valence-electron chi connectivity index (χ2n) is 4.79. The number of hydrogen-bond acceptors (Lipinski definition) is 3. The number of nitrogens with zero attached hydrogens (tertiary/aromatic N) is 1. The Kier molecular flexibility index (Phi) is 4.45. The third kappa shape index (κ3) is 3.65. The van der Waals surface area contributed by atoms with Gasteiger partial charge in [-0.15, -0.1) is 0 Å². The molecule has 0 bridgehead atoms. The smallest absolute Gasteiger partial charge is 0.143 e. The van der Waals surface area contributed by atoms with Gasteiger partial charge < -0.3 is 15.7 Å². The fourth-order valence-electron chi connectivity index (χ4n) is 2.31. The van der Waals surface area contributed by atoms with Gasteiger partial charge in [-0.3, -0.25) is 0 Å². The third-order valence-corrected chi connectivity index (χ3v) is 3.29. The van der Waals surface area contributed by atoms with Crippen LogP contribution in [-0.4, -0.2) is 17.1 Å². The van der Waals surface area contributed by atoms with Gasteiger partial charge in [0.2, 0.25) is 0 Å². The van der Waals surface area contributed by atoms with Crippen molar-refractivity contribution in [1.29, 1.82) is 0 Å². The normalized spacial score (nSPS) is 17.7. The summed E-state index contributed by atoms with van der Waals surface area (Å²) in [4.78, 5) is 0. The number of oxime groups is 1. The molecule has 0 heterocycles. The first kappa shape index (κ1) is 12.7. The highest BCUT2D eigenvalue weighted by Gasteiger charge is 2.14. The lowest BCUT2D eigenvalue weighted by atomic mass is 9.98. The van der Waals surface area contributed by atoms with Crippen LogP contribution in [0.2, 0.25) is 0 Å². The zero-order valence-corrected chi connectivity index (χ0v) is 10.5. The zero-order valence-electron chi connectivity index (χ0n) is 10.5. The van der Waals surface area contributed by atoms with Gasteiger partial charge in [0.1, 0.15) is 11.6 Å². The van der Waals surface area contributed by atoms with E-state index in [1.54, 1.807) is 0 Å². The average Bonchev–Trinajstić information content (AvgIpc) is 2.42. The van der Waals surface area contributed by atoms with Crippen LogP contribution in [0.15, 0.2) is 29.4 Å². The first-order valence-corrected chi connectivity index (χ1v) is 6.50. The molecule has 1 aliphatic rings. The molecule has 0 unspecified atom stereocenters. The van der Waals surface area contributed by atoms with Crippen molar-refractivity contribution in [3.63, 3.8) is 0 Å². The quantitative estimate of drug-likeness (QED) is 0.372. The molecule has 98 valence electrons. The molecule has 4 nitrogen and oxygen atoms in total. The highest BCUT2D eigenvalue weighted by Crippen LogP contribution is 2.23. The molecular weight excluding hydrogens is 228 g/mol. The van der Waals surface area contributed by atoms with Crippen molar-refractivity contribution in [2.75, 3.05) is 0 Å². The Bertz CT molecular complexity index is 395. The minimum atomic E-state index is 0.218. The van der Waals surface area contributed by atoms with E-state index < -0.39 is 0 Å². The summed E-state index contributed by atoms with van der Waals surface area (Å²) >= 11 is 0. The monoisotopic (exact) mass is 248 g/mol. The average molecular weight is 248 g/mol. The summed E-state index contributed by atoms with van der Waals surface area (Å²) in [6, 6.07) is 7.82. The Balaban J connectivity index is 1.90. The van der Waals surface area contributed by atoms with E-state index in [1.807, 2.05) is 24.3 Å². The Morgan fingerprint density at radius 3 is 2.50 bits per heavy atom. The number of benzene rings is 1.